The first-order chi connectivity index (χ1) is 9.78. The van der Waals surface area contributed by atoms with Crippen LogP contribution in [0.3, 0.4) is 0 Å². The normalized spacial score (nSPS) is 10.3. The fraction of sp³-hybridized carbons (Fsp3) is 0. The van der Waals surface area contributed by atoms with E-state index < -0.39 is 0 Å². The Labute approximate surface area is 119 Å². The SMILES string of the molecule is N#Cc1ccc(Sc2c[nH]c(=O)c3ccccc23)cc1. The second-order valence-electron chi connectivity index (χ2n) is 4.27. The molecule has 2 aromatic carbocycles. The Morgan fingerprint density at radius 1 is 1.00 bits per heavy atom. The summed E-state index contributed by atoms with van der Waals surface area (Å²) in [6.45, 7) is 0. The molecule has 0 aliphatic rings. The molecular weight excluding hydrogens is 268 g/mol. The van der Waals surface area contributed by atoms with Crippen LogP contribution in [-0.4, -0.2) is 4.98 Å². The number of nitriles is 1. The summed E-state index contributed by atoms with van der Waals surface area (Å²) < 4.78 is 0. The van der Waals surface area contributed by atoms with Crippen molar-refractivity contribution < 1.29 is 0 Å². The Kier molecular flexibility index (Phi) is 3.28. The van der Waals surface area contributed by atoms with Crippen LogP contribution in [-0.2, 0) is 0 Å². The van der Waals surface area contributed by atoms with Gasteiger partial charge in [0.2, 0.25) is 0 Å². The zero-order valence-electron chi connectivity index (χ0n) is 10.5. The minimum Gasteiger partial charge on any atom is -0.327 e. The molecule has 0 fully saturated rings. The van der Waals surface area contributed by atoms with Crippen LogP contribution in [0.4, 0.5) is 0 Å². The topological polar surface area (TPSA) is 56.6 Å². The van der Waals surface area contributed by atoms with Gasteiger partial charge in [-0.05, 0) is 30.3 Å². The molecule has 3 aromatic rings. The summed E-state index contributed by atoms with van der Waals surface area (Å²) in [6, 6.07) is 17.0. The van der Waals surface area contributed by atoms with Gasteiger partial charge in [-0.1, -0.05) is 30.0 Å². The fourth-order valence-corrected chi connectivity index (χ4v) is 2.92. The number of benzene rings is 2. The van der Waals surface area contributed by atoms with Gasteiger partial charge in [-0.3, -0.25) is 4.79 Å². The van der Waals surface area contributed by atoms with Crippen LogP contribution in [0.2, 0.25) is 0 Å². The molecule has 1 heterocycles. The van der Waals surface area contributed by atoms with Crippen LogP contribution >= 0.6 is 11.8 Å². The number of nitrogens with one attached hydrogen (secondary N) is 1. The van der Waals surface area contributed by atoms with Crippen molar-refractivity contribution in [2.45, 2.75) is 9.79 Å². The van der Waals surface area contributed by atoms with E-state index in [0.29, 0.717) is 10.9 Å². The summed E-state index contributed by atoms with van der Waals surface area (Å²) >= 11 is 1.57. The van der Waals surface area contributed by atoms with Crippen molar-refractivity contribution in [3.05, 3.63) is 70.6 Å². The van der Waals surface area contributed by atoms with Gasteiger partial charge in [-0.25, -0.2) is 0 Å². The van der Waals surface area contributed by atoms with Crippen molar-refractivity contribution in [3.8, 4) is 6.07 Å². The summed E-state index contributed by atoms with van der Waals surface area (Å²) in [5.41, 5.74) is 0.561. The van der Waals surface area contributed by atoms with Crippen molar-refractivity contribution >= 4 is 22.5 Å². The van der Waals surface area contributed by atoms with Gasteiger partial charge in [0.05, 0.1) is 11.6 Å². The van der Waals surface area contributed by atoms with Gasteiger partial charge < -0.3 is 4.98 Å². The van der Waals surface area contributed by atoms with E-state index in [4.69, 9.17) is 5.26 Å². The van der Waals surface area contributed by atoms with E-state index in [-0.39, 0.29) is 5.56 Å². The summed E-state index contributed by atoms with van der Waals surface area (Å²) in [4.78, 5) is 16.5. The van der Waals surface area contributed by atoms with E-state index in [1.54, 1.807) is 30.1 Å². The molecule has 3 nitrogen and oxygen atoms in total. The van der Waals surface area contributed by atoms with Gasteiger partial charge in [-0.2, -0.15) is 5.26 Å². The smallest absolute Gasteiger partial charge is 0.255 e. The molecule has 0 spiro atoms. The van der Waals surface area contributed by atoms with Crippen LogP contribution in [0.15, 0.2) is 69.3 Å². The third-order valence-electron chi connectivity index (χ3n) is 2.98. The average Bonchev–Trinajstić information content (AvgIpc) is 2.51. The first-order valence-electron chi connectivity index (χ1n) is 6.06. The molecule has 0 bridgehead atoms. The molecular formula is C16H10N2OS. The molecule has 0 radical (unpaired) electrons. The molecule has 0 aliphatic carbocycles. The highest BCUT2D eigenvalue weighted by molar-refractivity contribution is 7.99. The van der Waals surface area contributed by atoms with E-state index in [9.17, 15) is 4.79 Å². The number of pyridine rings is 1. The molecule has 0 amide bonds. The van der Waals surface area contributed by atoms with E-state index in [1.165, 1.54) is 0 Å². The van der Waals surface area contributed by atoms with Crippen molar-refractivity contribution in [3.63, 3.8) is 0 Å². The highest BCUT2D eigenvalue weighted by Crippen LogP contribution is 2.31. The zero-order chi connectivity index (χ0) is 13.9. The third-order valence-corrected chi connectivity index (χ3v) is 4.05. The summed E-state index contributed by atoms with van der Waals surface area (Å²) in [5, 5.41) is 10.4. The summed E-state index contributed by atoms with van der Waals surface area (Å²) in [7, 11) is 0. The van der Waals surface area contributed by atoms with Crippen molar-refractivity contribution in [2.75, 3.05) is 0 Å². The average molecular weight is 278 g/mol. The first kappa shape index (κ1) is 12.5. The van der Waals surface area contributed by atoms with Gasteiger partial charge in [-0.15, -0.1) is 0 Å². The lowest BCUT2D eigenvalue weighted by Gasteiger charge is -2.05. The Morgan fingerprint density at radius 2 is 1.70 bits per heavy atom. The summed E-state index contributed by atoms with van der Waals surface area (Å²) in [5.74, 6) is 0. The number of H-pyrrole nitrogens is 1. The second kappa shape index (κ2) is 5.24. The lowest BCUT2D eigenvalue weighted by atomic mass is 10.2. The van der Waals surface area contributed by atoms with Gasteiger partial charge in [0, 0.05) is 26.8 Å². The van der Waals surface area contributed by atoms with Crippen LogP contribution in [0, 0.1) is 11.3 Å². The number of rotatable bonds is 2. The monoisotopic (exact) mass is 278 g/mol. The van der Waals surface area contributed by atoms with Gasteiger partial charge >= 0.3 is 0 Å². The maximum Gasteiger partial charge on any atom is 0.255 e. The van der Waals surface area contributed by atoms with E-state index >= 15 is 0 Å². The fourth-order valence-electron chi connectivity index (χ4n) is 1.99. The molecule has 96 valence electrons. The molecule has 3 rings (SSSR count). The van der Waals surface area contributed by atoms with Crippen molar-refractivity contribution in [2.24, 2.45) is 0 Å². The van der Waals surface area contributed by atoms with Crippen LogP contribution in [0.25, 0.3) is 10.8 Å². The predicted molar refractivity (Wildman–Crippen MR) is 79.8 cm³/mol. The molecule has 0 saturated carbocycles. The number of nitrogens with zero attached hydrogens (tertiary/aromatic N) is 1. The Bertz CT molecular complexity index is 860. The van der Waals surface area contributed by atoms with Crippen molar-refractivity contribution in [1.29, 1.82) is 5.26 Å². The van der Waals surface area contributed by atoms with E-state index in [2.05, 4.69) is 11.1 Å². The maximum absolute atomic E-state index is 11.8. The molecule has 0 saturated heterocycles. The lowest BCUT2D eigenvalue weighted by Crippen LogP contribution is -2.05. The van der Waals surface area contributed by atoms with Crippen LogP contribution < -0.4 is 5.56 Å². The third kappa shape index (κ3) is 2.31. The number of hydrogen-bond acceptors (Lipinski definition) is 3. The van der Waals surface area contributed by atoms with Crippen LogP contribution in [0.1, 0.15) is 5.56 Å². The number of hydrogen-bond donors (Lipinski definition) is 1. The molecule has 1 aromatic heterocycles. The number of aromatic amines is 1. The minimum absolute atomic E-state index is 0.0789. The van der Waals surface area contributed by atoms with E-state index in [0.717, 1.165) is 15.2 Å². The lowest BCUT2D eigenvalue weighted by molar-refractivity contribution is 1.22. The Balaban J connectivity index is 2.04. The number of aromatic nitrogens is 1. The summed E-state index contributed by atoms with van der Waals surface area (Å²) in [6.07, 6.45) is 1.73. The highest BCUT2D eigenvalue weighted by atomic mass is 32.2. The Morgan fingerprint density at radius 3 is 2.40 bits per heavy atom. The quantitative estimate of drug-likeness (QED) is 0.780. The highest BCUT2D eigenvalue weighted by Gasteiger charge is 2.05. The van der Waals surface area contributed by atoms with Crippen LogP contribution in [0.5, 0.6) is 0 Å². The van der Waals surface area contributed by atoms with Gasteiger partial charge in [0.25, 0.3) is 5.56 Å². The van der Waals surface area contributed by atoms with Gasteiger partial charge in [0.15, 0.2) is 0 Å². The largest absolute Gasteiger partial charge is 0.327 e. The molecule has 0 atom stereocenters. The molecule has 0 unspecified atom stereocenters. The molecule has 0 aliphatic heterocycles. The molecule has 20 heavy (non-hydrogen) atoms. The minimum atomic E-state index is -0.0789. The second-order valence-corrected chi connectivity index (χ2v) is 5.38. The number of fused-ring (bicyclic) bond motifs is 1. The first-order valence-corrected chi connectivity index (χ1v) is 6.88. The molecule has 1 N–H and O–H groups in total. The van der Waals surface area contributed by atoms with Crippen molar-refractivity contribution in [1.82, 2.24) is 4.98 Å². The Hall–Kier alpha value is -2.51. The molecule has 4 heteroatoms. The van der Waals surface area contributed by atoms with E-state index in [1.807, 2.05) is 36.4 Å². The zero-order valence-corrected chi connectivity index (χ0v) is 11.3. The maximum atomic E-state index is 11.8. The predicted octanol–water partition coefficient (Wildman–Crippen LogP) is 3.55. The van der Waals surface area contributed by atoms with Gasteiger partial charge in [0.1, 0.15) is 0 Å². The standard InChI is InChI=1S/C16H10N2OS/c17-9-11-5-7-12(8-6-11)20-15-10-18-16(19)14-4-2-1-3-13(14)15/h1-8,10H,(H,18,19).